The van der Waals surface area contributed by atoms with E-state index in [-0.39, 0.29) is 0 Å². The fraction of sp³-hybridized carbons (Fsp3) is 0.412. The van der Waals surface area contributed by atoms with Crippen LogP contribution in [0.4, 0.5) is 11.6 Å². The second-order valence-electron chi connectivity index (χ2n) is 5.50. The molecule has 1 aromatic heterocycles. The van der Waals surface area contributed by atoms with Crippen molar-refractivity contribution in [3.63, 3.8) is 0 Å². The minimum Gasteiger partial charge on any atom is -0.370 e. The first-order valence-corrected chi connectivity index (χ1v) is 7.66. The van der Waals surface area contributed by atoms with Crippen molar-refractivity contribution in [1.29, 1.82) is 0 Å². The normalized spacial score (nSPS) is 14.5. The Balaban J connectivity index is 1.92. The van der Waals surface area contributed by atoms with Gasteiger partial charge in [0.05, 0.1) is 0 Å². The van der Waals surface area contributed by atoms with Gasteiger partial charge in [-0.15, -0.1) is 0 Å². The summed E-state index contributed by atoms with van der Waals surface area (Å²) in [7, 11) is 0. The summed E-state index contributed by atoms with van der Waals surface area (Å²) in [6.45, 7) is 7.03. The molecule has 0 amide bonds. The maximum Gasteiger partial charge on any atom is 0.137 e. The molecule has 110 valence electrons. The molecule has 0 bridgehead atoms. The number of aromatic nitrogens is 2. The van der Waals surface area contributed by atoms with Gasteiger partial charge in [0.15, 0.2) is 0 Å². The van der Waals surface area contributed by atoms with E-state index in [2.05, 4.69) is 58.3 Å². The van der Waals surface area contributed by atoms with E-state index >= 15 is 0 Å². The van der Waals surface area contributed by atoms with Gasteiger partial charge < -0.3 is 10.2 Å². The molecule has 0 aliphatic carbocycles. The number of hydrogen-bond acceptors (Lipinski definition) is 4. The van der Waals surface area contributed by atoms with Gasteiger partial charge >= 0.3 is 0 Å². The van der Waals surface area contributed by atoms with Gasteiger partial charge in [0.2, 0.25) is 0 Å². The van der Waals surface area contributed by atoms with E-state index in [4.69, 9.17) is 0 Å². The van der Waals surface area contributed by atoms with Crippen LogP contribution >= 0.6 is 0 Å². The van der Waals surface area contributed by atoms with Crippen LogP contribution in [0.5, 0.6) is 0 Å². The molecule has 1 N–H and O–H groups in total. The van der Waals surface area contributed by atoms with E-state index in [0.717, 1.165) is 49.7 Å². The van der Waals surface area contributed by atoms with E-state index in [0.29, 0.717) is 0 Å². The van der Waals surface area contributed by atoms with Gasteiger partial charge in [0.25, 0.3) is 0 Å². The van der Waals surface area contributed by atoms with Crippen LogP contribution in [0.2, 0.25) is 0 Å². The van der Waals surface area contributed by atoms with Gasteiger partial charge in [-0.25, -0.2) is 9.97 Å². The Kier molecular flexibility index (Phi) is 4.04. The first-order chi connectivity index (χ1) is 10.3. The highest BCUT2D eigenvalue weighted by atomic mass is 15.2. The SMILES string of the molecule is CCNc1ncnc(N2CCCc3ccccc3C2)c1C. The highest BCUT2D eigenvalue weighted by molar-refractivity contribution is 5.58. The van der Waals surface area contributed by atoms with Gasteiger partial charge in [-0.3, -0.25) is 0 Å². The zero-order chi connectivity index (χ0) is 14.7. The smallest absolute Gasteiger partial charge is 0.137 e. The van der Waals surface area contributed by atoms with Crippen LogP contribution in [0, 0.1) is 6.92 Å². The third kappa shape index (κ3) is 2.84. The molecule has 0 spiro atoms. The van der Waals surface area contributed by atoms with Crippen molar-refractivity contribution in [2.45, 2.75) is 33.2 Å². The van der Waals surface area contributed by atoms with Gasteiger partial charge in [-0.1, -0.05) is 24.3 Å². The number of hydrogen-bond donors (Lipinski definition) is 1. The zero-order valence-corrected chi connectivity index (χ0v) is 12.8. The summed E-state index contributed by atoms with van der Waals surface area (Å²) in [5.74, 6) is 2.00. The van der Waals surface area contributed by atoms with E-state index in [1.807, 2.05) is 0 Å². The maximum atomic E-state index is 4.53. The second-order valence-corrected chi connectivity index (χ2v) is 5.50. The molecule has 4 heteroatoms. The molecule has 2 aromatic rings. The molecule has 0 atom stereocenters. The average Bonchev–Trinajstić information content (AvgIpc) is 2.72. The summed E-state index contributed by atoms with van der Waals surface area (Å²) in [6.07, 6.45) is 3.98. The monoisotopic (exact) mass is 282 g/mol. The summed E-state index contributed by atoms with van der Waals surface area (Å²) < 4.78 is 0. The Morgan fingerprint density at radius 1 is 1.19 bits per heavy atom. The predicted molar refractivity (Wildman–Crippen MR) is 86.7 cm³/mol. The van der Waals surface area contributed by atoms with Gasteiger partial charge in [-0.2, -0.15) is 0 Å². The molecular weight excluding hydrogens is 260 g/mol. The third-order valence-corrected chi connectivity index (χ3v) is 4.05. The van der Waals surface area contributed by atoms with Crippen molar-refractivity contribution in [3.8, 4) is 0 Å². The Bertz CT molecular complexity index is 624. The van der Waals surface area contributed by atoms with Gasteiger partial charge in [0, 0.05) is 25.2 Å². The number of aryl methyl sites for hydroxylation is 1. The van der Waals surface area contributed by atoms with Crippen molar-refractivity contribution in [2.75, 3.05) is 23.3 Å². The molecule has 4 nitrogen and oxygen atoms in total. The van der Waals surface area contributed by atoms with Crippen LogP contribution in [0.15, 0.2) is 30.6 Å². The molecule has 21 heavy (non-hydrogen) atoms. The van der Waals surface area contributed by atoms with E-state index in [1.54, 1.807) is 6.33 Å². The fourth-order valence-corrected chi connectivity index (χ4v) is 2.99. The number of fused-ring (bicyclic) bond motifs is 1. The molecule has 2 heterocycles. The zero-order valence-electron chi connectivity index (χ0n) is 12.8. The van der Waals surface area contributed by atoms with Crippen molar-refractivity contribution < 1.29 is 0 Å². The minimum atomic E-state index is 0.875. The number of benzene rings is 1. The quantitative estimate of drug-likeness (QED) is 0.939. The van der Waals surface area contributed by atoms with Crippen LogP contribution in [-0.4, -0.2) is 23.1 Å². The summed E-state index contributed by atoms with van der Waals surface area (Å²) in [6, 6.07) is 8.73. The molecule has 0 saturated heterocycles. The lowest BCUT2D eigenvalue weighted by Gasteiger charge is -2.24. The molecule has 0 fully saturated rings. The fourth-order valence-electron chi connectivity index (χ4n) is 2.99. The Labute approximate surface area is 126 Å². The van der Waals surface area contributed by atoms with Crippen LogP contribution in [0.25, 0.3) is 0 Å². The standard InChI is InChI=1S/C17H22N4/c1-3-18-16-13(2)17(20-12-19-16)21-10-6-9-14-7-4-5-8-15(14)11-21/h4-5,7-8,12H,3,6,9-11H2,1-2H3,(H,18,19,20). The molecule has 1 aromatic carbocycles. The van der Waals surface area contributed by atoms with E-state index in [9.17, 15) is 0 Å². The topological polar surface area (TPSA) is 41.1 Å². The second kappa shape index (κ2) is 6.12. The lowest BCUT2D eigenvalue weighted by Crippen LogP contribution is -2.25. The Morgan fingerprint density at radius 3 is 2.81 bits per heavy atom. The van der Waals surface area contributed by atoms with Crippen LogP contribution in [0.3, 0.4) is 0 Å². The molecule has 0 radical (unpaired) electrons. The Morgan fingerprint density at radius 2 is 2.00 bits per heavy atom. The van der Waals surface area contributed by atoms with Crippen molar-refractivity contribution in [1.82, 2.24) is 9.97 Å². The molecular formula is C17H22N4. The predicted octanol–water partition coefficient (Wildman–Crippen LogP) is 3.17. The lowest BCUT2D eigenvalue weighted by molar-refractivity contribution is 0.749. The van der Waals surface area contributed by atoms with Gasteiger partial charge in [0.1, 0.15) is 18.0 Å². The summed E-state index contributed by atoms with van der Waals surface area (Å²) in [5.41, 5.74) is 4.02. The summed E-state index contributed by atoms with van der Waals surface area (Å²) in [5, 5.41) is 3.31. The van der Waals surface area contributed by atoms with Gasteiger partial charge in [-0.05, 0) is 37.8 Å². The van der Waals surface area contributed by atoms with Crippen molar-refractivity contribution >= 4 is 11.6 Å². The first kappa shape index (κ1) is 13.9. The number of nitrogens with zero attached hydrogens (tertiary/aromatic N) is 3. The van der Waals surface area contributed by atoms with E-state index < -0.39 is 0 Å². The van der Waals surface area contributed by atoms with Crippen LogP contribution in [0.1, 0.15) is 30.0 Å². The van der Waals surface area contributed by atoms with Crippen LogP contribution in [-0.2, 0) is 13.0 Å². The highest BCUT2D eigenvalue weighted by Gasteiger charge is 2.18. The first-order valence-electron chi connectivity index (χ1n) is 7.66. The number of rotatable bonds is 3. The van der Waals surface area contributed by atoms with Crippen LogP contribution < -0.4 is 10.2 Å². The molecule has 1 aliphatic heterocycles. The molecule has 0 unspecified atom stereocenters. The Hall–Kier alpha value is -2.10. The summed E-state index contributed by atoms with van der Waals surface area (Å²) in [4.78, 5) is 11.3. The lowest BCUT2D eigenvalue weighted by atomic mass is 10.0. The third-order valence-electron chi connectivity index (χ3n) is 4.05. The minimum absolute atomic E-state index is 0.875. The number of nitrogens with one attached hydrogen (secondary N) is 1. The van der Waals surface area contributed by atoms with Crippen molar-refractivity contribution in [2.24, 2.45) is 0 Å². The summed E-state index contributed by atoms with van der Waals surface area (Å²) >= 11 is 0. The largest absolute Gasteiger partial charge is 0.370 e. The van der Waals surface area contributed by atoms with Crippen molar-refractivity contribution in [3.05, 3.63) is 47.3 Å². The number of anilines is 2. The van der Waals surface area contributed by atoms with E-state index in [1.165, 1.54) is 11.1 Å². The molecule has 0 saturated carbocycles. The highest BCUT2D eigenvalue weighted by Crippen LogP contribution is 2.27. The molecule has 1 aliphatic rings. The average molecular weight is 282 g/mol. The maximum absolute atomic E-state index is 4.53. The molecule has 3 rings (SSSR count).